The third-order valence-electron chi connectivity index (χ3n) is 8.63. The zero-order chi connectivity index (χ0) is 32.4. The quantitative estimate of drug-likeness (QED) is 0.0636. The van der Waals surface area contributed by atoms with Gasteiger partial charge in [-0.25, -0.2) is 0 Å². The van der Waals surface area contributed by atoms with E-state index in [1.54, 1.807) is 14.0 Å². The van der Waals surface area contributed by atoms with Crippen molar-refractivity contribution in [1.82, 2.24) is 16.0 Å². The van der Waals surface area contributed by atoms with Crippen LogP contribution >= 0.6 is 0 Å². The molecule has 0 radical (unpaired) electrons. The van der Waals surface area contributed by atoms with Gasteiger partial charge in [-0.05, 0) is 71.2 Å². The Kier molecular flexibility index (Phi) is 15.1. The summed E-state index contributed by atoms with van der Waals surface area (Å²) < 4.78 is 24.2. The molecule has 0 aromatic heterocycles. The fraction of sp³-hybridized carbons (Fsp3) is 0.893. The third-order valence-corrected chi connectivity index (χ3v) is 8.63. The average molecular weight is 634 g/mol. The molecule has 1 aliphatic heterocycles. The molecular weight excluding hydrogens is 578 g/mol. The number of aliphatic hydroxyl groups excluding tert-OH is 4. The summed E-state index contributed by atoms with van der Waals surface area (Å²) >= 11 is 0. The molecule has 16 heteroatoms. The minimum atomic E-state index is -1.44. The summed E-state index contributed by atoms with van der Waals surface area (Å²) in [7, 11) is 1.65. The van der Waals surface area contributed by atoms with Gasteiger partial charge < -0.3 is 78.3 Å². The predicted octanol–water partition coefficient (Wildman–Crippen LogP) is -4.37. The Labute approximate surface area is 259 Å². The molecule has 11 atom stereocenters. The van der Waals surface area contributed by atoms with E-state index < -0.39 is 67.1 Å². The number of nitrogens with two attached hydrogens (primary N) is 4. The molecule has 0 unspecified atom stereocenters. The molecule has 2 fully saturated rings. The van der Waals surface area contributed by atoms with Crippen molar-refractivity contribution in [2.75, 3.05) is 39.9 Å². The first kappa shape index (κ1) is 37.0. The van der Waals surface area contributed by atoms with Gasteiger partial charge in [0.2, 0.25) is 12.2 Å². The first-order valence-electron chi connectivity index (χ1n) is 15.6. The Morgan fingerprint density at radius 3 is 2.50 bits per heavy atom. The number of nitrogens with one attached hydrogen (secondary N) is 3. The molecule has 0 aromatic rings. The van der Waals surface area contributed by atoms with Gasteiger partial charge in [-0.3, -0.25) is 4.79 Å². The highest BCUT2D eigenvalue weighted by molar-refractivity contribution is 5.80. The Balaban J connectivity index is 1.83. The first-order chi connectivity index (χ1) is 21.0. The molecule has 3 aliphatic rings. The number of hydrogen-bond donors (Lipinski definition) is 11. The predicted molar refractivity (Wildman–Crippen MR) is 160 cm³/mol. The van der Waals surface area contributed by atoms with E-state index in [1.807, 2.05) is 6.08 Å². The standard InChI is InChI=1S/C28H55N7O9/c1-14(33-2)22(38)28(41-8-7-36)44-25-20(35-26(40)21(37)5-6-29)11-18(32)24(23(25)39)43-27-19(4-3-17(12-30)42-27)34-13-15-9-16(31)10-15/h3,14-16,18-25,27-28,33-34,36-39H,4-13,29-32H2,1-2H3,(H,35,40)/t14-,15?,16?,18-,19+,20+,21-,22+,23-,24+,25-,27+,28+/m0/s1. The summed E-state index contributed by atoms with van der Waals surface area (Å²) in [4.78, 5) is 12.8. The molecule has 15 N–H and O–H groups in total. The number of rotatable bonds is 18. The molecule has 0 aromatic carbocycles. The van der Waals surface area contributed by atoms with Gasteiger partial charge in [-0.1, -0.05) is 0 Å². The van der Waals surface area contributed by atoms with E-state index >= 15 is 0 Å². The summed E-state index contributed by atoms with van der Waals surface area (Å²) in [5.41, 5.74) is 23.8. The van der Waals surface area contributed by atoms with Gasteiger partial charge >= 0.3 is 0 Å². The van der Waals surface area contributed by atoms with Crippen LogP contribution in [0, 0.1) is 5.92 Å². The van der Waals surface area contributed by atoms with Gasteiger partial charge in [0.25, 0.3) is 0 Å². The second-order valence-electron chi connectivity index (χ2n) is 12.0. The number of hydrogen-bond acceptors (Lipinski definition) is 15. The SMILES string of the molecule is CN[C@@H](C)[C@@H](O)[C@H](OCCO)O[C@@H]1[C@@H](O)[C@H](O[C@H]2OC(CN)=CC[C@H]2NCC2CC(N)C2)[C@@H](N)C[C@H]1NC(=O)[C@@H](O)CCN. The number of likely N-dealkylation sites (N-methyl/N-ethyl adjacent to an activating group) is 1. The normalized spacial score (nSPS) is 35.0. The zero-order valence-electron chi connectivity index (χ0n) is 25.8. The first-order valence-corrected chi connectivity index (χ1v) is 15.6. The molecule has 256 valence electrons. The van der Waals surface area contributed by atoms with Crippen LogP contribution in [0.15, 0.2) is 11.8 Å². The van der Waals surface area contributed by atoms with Crippen LogP contribution in [0.3, 0.4) is 0 Å². The number of carbonyl (C=O) groups excluding carboxylic acids is 1. The number of aliphatic hydroxyl groups is 4. The lowest BCUT2D eigenvalue weighted by Gasteiger charge is -2.47. The average Bonchev–Trinajstić information content (AvgIpc) is 2.99. The van der Waals surface area contributed by atoms with E-state index in [0.29, 0.717) is 18.1 Å². The summed E-state index contributed by atoms with van der Waals surface area (Å²) in [5.74, 6) is 0.288. The fourth-order valence-corrected chi connectivity index (χ4v) is 5.76. The van der Waals surface area contributed by atoms with Crippen molar-refractivity contribution in [2.24, 2.45) is 28.9 Å². The Morgan fingerprint density at radius 2 is 1.89 bits per heavy atom. The maximum Gasteiger partial charge on any atom is 0.249 e. The lowest BCUT2D eigenvalue weighted by Crippen LogP contribution is -2.67. The largest absolute Gasteiger partial charge is 0.467 e. The monoisotopic (exact) mass is 633 g/mol. The molecule has 2 saturated carbocycles. The Morgan fingerprint density at radius 1 is 1.16 bits per heavy atom. The van der Waals surface area contributed by atoms with Crippen LogP contribution in [0.4, 0.5) is 0 Å². The van der Waals surface area contributed by atoms with Crippen molar-refractivity contribution < 1.29 is 44.2 Å². The molecule has 0 bridgehead atoms. The smallest absolute Gasteiger partial charge is 0.249 e. The second-order valence-corrected chi connectivity index (χ2v) is 12.0. The lowest BCUT2D eigenvalue weighted by molar-refractivity contribution is -0.273. The van der Waals surface area contributed by atoms with Crippen LogP contribution < -0.4 is 38.9 Å². The van der Waals surface area contributed by atoms with Crippen molar-refractivity contribution in [3.8, 4) is 0 Å². The highest BCUT2D eigenvalue weighted by Crippen LogP contribution is 2.31. The van der Waals surface area contributed by atoms with Crippen molar-refractivity contribution in [3.63, 3.8) is 0 Å². The van der Waals surface area contributed by atoms with Gasteiger partial charge in [0, 0.05) is 18.1 Å². The van der Waals surface area contributed by atoms with Crippen LogP contribution in [0.25, 0.3) is 0 Å². The molecule has 2 aliphatic carbocycles. The van der Waals surface area contributed by atoms with Gasteiger partial charge in [0.05, 0.1) is 31.8 Å². The van der Waals surface area contributed by atoms with Crippen LogP contribution in [0.1, 0.15) is 39.0 Å². The van der Waals surface area contributed by atoms with Crippen molar-refractivity contribution in [1.29, 1.82) is 0 Å². The Hall–Kier alpha value is -1.51. The van der Waals surface area contributed by atoms with E-state index in [2.05, 4.69) is 16.0 Å². The van der Waals surface area contributed by atoms with E-state index in [9.17, 15) is 25.2 Å². The van der Waals surface area contributed by atoms with Gasteiger partial charge in [0.1, 0.15) is 36.3 Å². The molecular formula is C28H55N7O9. The third kappa shape index (κ3) is 9.99. The molecule has 3 rings (SSSR count). The molecule has 16 nitrogen and oxygen atoms in total. The van der Waals surface area contributed by atoms with Crippen LogP contribution in [0.2, 0.25) is 0 Å². The Bertz CT molecular complexity index is 900. The van der Waals surface area contributed by atoms with Gasteiger partial charge in [-0.2, -0.15) is 0 Å². The van der Waals surface area contributed by atoms with Gasteiger partial charge in [-0.15, -0.1) is 0 Å². The van der Waals surface area contributed by atoms with Crippen molar-refractivity contribution in [2.45, 2.75) is 112 Å². The summed E-state index contributed by atoms with van der Waals surface area (Å²) in [5, 5.41) is 51.4. The summed E-state index contributed by atoms with van der Waals surface area (Å²) in [6.07, 6.45) is -3.95. The molecule has 44 heavy (non-hydrogen) atoms. The second kappa shape index (κ2) is 18.0. The van der Waals surface area contributed by atoms with Crippen LogP contribution in [-0.4, -0.2) is 140 Å². The molecule has 1 amide bonds. The molecule has 0 saturated heterocycles. The highest BCUT2D eigenvalue weighted by Gasteiger charge is 2.49. The van der Waals surface area contributed by atoms with Gasteiger partial charge in [0.15, 0.2) is 6.29 Å². The van der Waals surface area contributed by atoms with E-state index in [0.717, 1.165) is 19.4 Å². The van der Waals surface area contributed by atoms with E-state index in [1.165, 1.54) is 0 Å². The number of carbonyl (C=O) groups is 1. The minimum absolute atomic E-state index is 0.0300. The number of ether oxygens (including phenoxy) is 4. The molecule has 1 heterocycles. The van der Waals surface area contributed by atoms with Crippen LogP contribution in [0.5, 0.6) is 0 Å². The molecule has 0 spiro atoms. The zero-order valence-corrected chi connectivity index (χ0v) is 25.8. The number of amides is 1. The maximum atomic E-state index is 12.8. The van der Waals surface area contributed by atoms with Crippen LogP contribution in [-0.2, 0) is 23.7 Å². The van der Waals surface area contributed by atoms with Crippen molar-refractivity contribution in [3.05, 3.63) is 11.8 Å². The highest BCUT2D eigenvalue weighted by atomic mass is 16.7. The maximum absolute atomic E-state index is 12.8. The topological polar surface area (TPSA) is 275 Å². The summed E-state index contributed by atoms with van der Waals surface area (Å²) in [6, 6.07) is -2.23. The summed E-state index contributed by atoms with van der Waals surface area (Å²) in [6.45, 7) is 2.19. The lowest BCUT2D eigenvalue weighted by atomic mass is 9.81. The van der Waals surface area contributed by atoms with Crippen molar-refractivity contribution >= 4 is 5.91 Å². The van der Waals surface area contributed by atoms with E-state index in [-0.39, 0.29) is 51.2 Å². The minimum Gasteiger partial charge on any atom is -0.467 e. The van der Waals surface area contributed by atoms with E-state index in [4.69, 9.17) is 41.9 Å². The fourth-order valence-electron chi connectivity index (χ4n) is 5.76.